The summed E-state index contributed by atoms with van der Waals surface area (Å²) in [5.41, 5.74) is 3.72. The van der Waals surface area contributed by atoms with Crippen molar-refractivity contribution in [3.63, 3.8) is 0 Å². The minimum atomic E-state index is 0.00843. The van der Waals surface area contributed by atoms with Gasteiger partial charge in [0.15, 0.2) is 0 Å². The van der Waals surface area contributed by atoms with Crippen molar-refractivity contribution < 1.29 is 19.7 Å². The molecule has 4 heteroatoms. The molecule has 2 bridgehead atoms. The largest absolute Gasteiger partial charge is 0.490 e. The van der Waals surface area contributed by atoms with Gasteiger partial charge in [-0.25, -0.2) is 0 Å². The Kier molecular flexibility index (Phi) is 4.34. The molecule has 0 radical (unpaired) electrons. The molecule has 4 nitrogen and oxygen atoms in total. The number of ether oxygens (including phenoxy) is 2. The topological polar surface area (TPSA) is 58.9 Å². The minimum Gasteiger partial charge on any atom is -0.490 e. The Morgan fingerprint density at radius 1 is 0.960 bits per heavy atom. The summed E-state index contributed by atoms with van der Waals surface area (Å²) >= 11 is 0. The van der Waals surface area contributed by atoms with E-state index >= 15 is 0 Å². The highest BCUT2D eigenvalue weighted by Crippen LogP contribution is 2.64. The Morgan fingerprint density at radius 3 is 2.20 bits per heavy atom. The second-order valence-electron chi connectivity index (χ2n) is 7.28. The molecule has 2 aromatic rings. The highest BCUT2D eigenvalue weighted by Gasteiger charge is 2.48. The van der Waals surface area contributed by atoms with Crippen LogP contribution in [0.5, 0.6) is 11.5 Å². The zero-order chi connectivity index (χ0) is 17.6. The Labute approximate surface area is 148 Å². The van der Waals surface area contributed by atoms with E-state index in [2.05, 4.69) is 26.0 Å². The number of fused-ring (bicyclic) bond motifs is 6. The van der Waals surface area contributed by atoms with Gasteiger partial charge in [-0.15, -0.1) is 0 Å². The Morgan fingerprint density at radius 2 is 1.56 bits per heavy atom. The van der Waals surface area contributed by atoms with Crippen LogP contribution >= 0.6 is 0 Å². The fourth-order valence-corrected chi connectivity index (χ4v) is 5.00. The highest BCUT2D eigenvalue weighted by molar-refractivity contribution is 5.99. The van der Waals surface area contributed by atoms with Gasteiger partial charge in [-0.3, -0.25) is 0 Å². The molecule has 0 aromatic heterocycles. The smallest absolute Gasteiger partial charge is 0.131 e. The molecule has 25 heavy (non-hydrogen) atoms. The zero-order valence-electron chi connectivity index (χ0n) is 14.9. The average Bonchev–Trinajstić information content (AvgIpc) is 3.11. The summed E-state index contributed by atoms with van der Waals surface area (Å²) in [6.07, 6.45) is 2.37. The predicted molar refractivity (Wildman–Crippen MR) is 97.7 cm³/mol. The van der Waals surface area contributed by atoms with Gasteiger partial charge >= 0.3 is 0 Å². The molecular weight excluding hydrogens is 316 g/mol. The van der Waals surface area contributed by atoms with Gasteiger partial charge in [0, 0.05) is 21.9 Å². The summed E-state index contributed by atoms with van der Waals surface area (Å²) in [6.45, 7) is 5.04. The van der Waals surface area contributed by atoms with Gasteiger partial charge in [0.1, 0.15) is 24.7 Å². The van der Waals surface area contributed by atoms with Crippen molar-refractivity contribution in [2.75, 3.05) is 26.4 Å². The fraction of sp³-hybridized carbons (Fsp3) is 0.524. The maximum absolute atomic E-state index is 9.29. The second-order valence-corrected chi connectivity index (χ2v) is 7.28. The molecule has 2 N–H and O–H groups in total. The molecule has 0 aliphatic heterocycles. The lowest BCUT2D eigenvalue weighted by atomic mass is 9.86. The summed E-state index contributed by atoms with van der Waals surface area (Å²) < 4.78 is 12.2. The fourth-order valence-electron chi connectivity index (χ4n) is 5.00. The van der Waals surface area contributed by atoms with Gasteiger partial charge < -0.3 is 19.7 Å². The van der Waals surface area contributed by atoms with E-state index in [1.807, 2.05) is 6.07 Å². The molecule has 0 saturated heterocycles. The summed E-state index contributed by atoms with van der Waals surface area (Å²) in [5.74, 6) is 3.44. The van der Waals surface area contributed by atoms with Crippen molar-refractivity contribution in [3.8, 4) is 11.5 Å². The van der Waals surface area contributed by atoms with E-state index in [9.17, 15) is 10.2 Å². The van der Waals surface area contributed by atoms with E-state index in [1.54, 1.807) is 0 Å². The molecule has 0 heterocycles. The van der Waals surface area contributed by atoms with Crippen molar-refractivity contribution in [1.29, 1.82) is 0 Å². The first kappa shape index (κ1) is 16.7. The third-order valence-electron chi connectivity index (χ3n) is 6.00. The van der Waals surface area contributed by atoms with E-state index in [-0.39, 0.29) is 13.2 Å². The first-order valence-electron chi connectivity index (χ1n) is 9.25. The minimum absolute atomic E-state index is 0.00843. The summed E-state index contributed by atoms with van der Waals surface area (Å²) in [4.78, 5) is 0. The lowest BCUT2D eigenvalue weighted by Crippen LogP contribution is -2.11. The summed E-state index contributed by atoms with van der Waals surface area (Å²) in [5, 5.41) is 20.7. The van der Waals surface area contributed by atoms with Crippen molar-refractivity contribution in [3.05, 3.63) is 34.9 Å². The number of aliphatic hydroxyl groups is 2. The molecular formula is C21H26O4. The normalized spacial score (nSPS) is 23.9. The number of hydrogen-bond acceptors (Lipinski definition) is 4. The van der Waals surface area contributed by atoms with E-state index < -0.39 is 0 Å². The number of hydrogen-bond donors (Lipinski definition) is 2. The van der Waals surface area contributed by atoms with Crippen LogP contribution in [-0.4, -0.2) is 36.6 Å². The SMILES string of the molecule is Cc1cccc2c(OCCO)c3c(c(OCCO)c12)C1CCC3C1C. The number of aryl methyl sites for hydroxylation is 1. The van der Waals surface area contributed by atoms with Crippen molar-refractivity contribution in [2.24, 2.45) is 5.92 Å². The second kappa shape index (κ2) is 6.50. The predicted octanol–water partition coefficient (Wildman–Crippen LogP) is 3.50. The average molecular weight is 342 g/mol. The first-order valence-corrected chi connectivity index (χ1v) is 9.25. The van der Waals surface area contributed by atoms with Crippen LogP contribution in [0.1, 0.15) is 48.3 Å². The van der Waals surface area contributed by atoms with Gasteiger partial charge in [-0.05, 0) is 43.1 Å². The van der Waals surface area contributed by atoms with Crippen LogP contribution in [0.15, 0.2) is 18.2 Å². The first-order chi connectivity index (χ1) is 12.2. The lowest BCUT2D eigenvalue weighted by Gasteiger charge is -2.25. The van der Waals surface area contributed by atoms with E-state index in [4.69, 9.17) is 9.47 Å². The maximum Gasteiger partial charge on any atom is 0.131 e. The lowest BCUT2D eigenvalue weighted by molar-refractivity contribution is 0.198. The molecule has 2 aliphatic carbocycles. The summed E-state index contributed by atoms with van der Waals surface area (Å²) in [6, 6.07) is 6.22. The molecule has 4 rings (SSSR count). The van der Waals surface area contributed by atoms with Crippen LogP contribution in [0.25, 0.3) is 10.8 Å². The van der Waals surface area contributed by atoms with Crippen molar-refractivity contribution in [1.82, 2.24) is 0 Å². The molecule has 3 unspecified atom stereocenters. The molecule has 0 spiro atoms. The van der Waals surface area contributed by atoms with Crippen LogP contribution in [0, 0.1) is 12.8 Å². The third-order valence-corrected chi connectivity index (χ3v) is 6.00. The van der Waals surface area contributed by atoms with E-state index in [0.29, 0.717) is 31.0 Å². The number of rotatable bonds is 6. The van der Waals surface area contributed by atoms with E-state index in [0.717, 1.165) is 27.8 Å². The van der Waals surface area contributed by atoms with Crippen LogP contribution in [-0.2, 0) is 0 Å². The van der Waals surface area contributed by atoms with Gasteiger partial charge in [0.25, 0.3) is 0 Å². The number of aliphatic hydroxyl groups excluding tert-OH is 2. The molecule has 3 atom stereocenters. The molecule has 2 aromatic carbocycles. The van der Waals surface area contributed by atoms with Gasteiger partial charge in [0.2, 0.25) is 0 Å². The van der Waals surface area contributed by atoms with Gasteiger partial charge in [0.05, 0.1) is 13.2 Å². The molecule has 1 saturated carbocycles. The Hall–Kier alpha value is -1.78. The van der Waals surface area contributed by atoms with Gasteiger partial charge in [-0.1, -0.05) is 25.1 Å². The summed E-state index contributed by atoms with van der Waals surface area (Å²) in [7, 11) is 0. The standard InChI is InChI=1S/C21H26O4/c1-12-4-3-5-16-17(12)21(25-11-9-23)19-15-7-6-14(13(15)2)18(19)20(16)24-10-8-22/h3-5,13-15,22-23H,6-11H2,1-2H3. The van der Waals surface area contributed by atoms with Gasteiger partial charge in [-0.2, -0.15) is 0 Å². The Bertz CT molecular complexity index is 798. The van der Waals surface area contributed by atoms with Crippen molar-refractivity contribution >= 4 is 10.8 Å². The maximum atomic E-state index is 9.29. The number of benzene rings is 2. The Balaban J connectivity index is 2.03. The quantitative estimate of drug-likeness (QED) is 0.843. The monoisotopic (exact) mass is 342 g/mol. The van der Waals surface area contributed by atoms with Crippen LogP contribution < -0.4 is 9.47 Å². The van der Waals surface area contributed by atoms with Crippen molar-refractivity contribution in [2.45, 2.75) is 38.5 Å². The molecule has 1 fully saturated rings. The zero-order valence-corrected chi connectivity index (χ0v) is 14.9. The van der Waals surface area contributed by atoms with Crippen LogP contribution in [0.3, 0.4) is 0 Å². The molecule has 0 amide bonds. The van der Waals surface area contributed by atoms with Crippen LogP contribution in [0.4, 0.5) is 0 Å². The third kappa shape index (κ3) is 2.42. The van der Waals surface area contributed by atoms with Crippen LogP contribution in [0.2, 0.25) is 0 Å². The van der Waals surface area contributed by atoms with E-state index in [1.165, 1.54) is 24.0 Å². The molecule has 134 valence electrons. The molecule has 2 aliphatic rings. The highest BCUT2D eigenvalue weighted by atomic mass is 16.5.